The van der Waals surface area contributed by atoms with Crippen LogP contribution >= 0.6 is 0 Å². The lowest BCUT2D eigenvalue weighted by atomic mass is 9.77. The summed E-state index contributed by atoms with van der Waals surface area (Å²) in [6.45, 7) is 1.40. The molecule has 1 aromatic carbocycles. The molecule has 5 heteroatoms. The predicted molar refractivity (Wildman–Crippen MR) is 79.7 cm³/mol. The van der Waals surface area contributed by atoms with Crippen LogP contribution in [0.15, 0.2) is 12.1 Å². The van der Waals surface area contributed by atoms with Crippen molar-refractivity contribution in [2.75, 3.05) is 18.0 Å². The van der Waals surface area contributed by atoms with E-state index >= 15 is 0 Å². The Morgan fingerprint density at radius 3 is 2.05 bits per heavy atom. The maximum absolute atomic E-state index is 14.2. The summed E-state index contributed by atoms with van der Waals surface area (Å²) >= 11 is 0. The molecule has 1 spiro atoms. The predicted octanol–water partition coefficient (Wildman–Crippen LogP) is 3.41. The second-order valence-corrected chi connectivity index (χ2v) is 6.40. The molecule has 2 fully saturated rings. The number of hydrogen-bond acceptors (Lipinski definition) is 2. The van der Waals surface area contributed by atoms with Gasteiger partial charge in [0.25, 0.3) is 0 Å². The first-order chi connectivity index (χ1) is 10.0. The van der Waals surface area contributed by atoms with Crippen LogP contribution in [0.4, 0.5) is 14.5 Å². The monoisotopic (exact) mass is 293 g/mol. The van der Waals surface area contributed by atoms with E-state index in [2.05, 4.69) is 0 Å². The minimum absolute atomic E-state index is 0.0350. The minimum atomic E-state index is -0.623. The van der Waals surface area contributed by atoms with Crippen LogP contribution in [-0.4, -0.2) is 18.9 Å². The molecule has 3 rings (SSSR count). The van der Waals surface area contributed by atoms with Crippen LogP contribution < -0.4 is 10.6 Å². The Hall–Kier alpha value is -1.65. The van der Waals surface area contributed by atoms with E-state index in [-0.39, 0.29) is 17.1 Å². The average Bonchev–Trinajstić information content (AvgIpc) is 2.88. The molecule has 1 aromatic rings. The third kappa shape index (κ3) is 2.61. The summed E-state index contributed by atoms with van der Waals surface area (Å²) in [4.78, 5) is 1.80. The molecule has 2 aliphatic rings. The fourth-order valence-electron chi connectivity index (χ4n) is 3.85. The highest BCUT2D eigenvalue weighted by molar-refractivity contribution is 5.95. The van der Waals surface area contributed by atoms with Crippen molar-refractivity contribution in [3.8, 4) is 0 Å². The molecule has 0 aromatic heterocycles. The highest BCUT2D eigenvalue weighted by atomic mass is 19.1. The molecule has 114 valence electrons. The molecule has 1 aliphatic heterocycles. The topological polar surface area (TPSA) is 53.1 Å². The number of nitrogens with two attached hydrogens (primary N) is 1. The molecular formula is C16H21F2N3. The van der Waals surface area contributed by atoms with Gasteiger partial charge in [-0.1, -0.05) is 12.8 Å². The van der Waals surface area contributed by atoms with Crippen molar-refractivity contribution in [1.82, 2.24) is 0 Å². The third-order valence-electron chi connectivity index (χ3n) is 5.13. The molecule has 0 radical (unpaired) electrons. The first-order valence-electron chi connectivity index (χ1n) is 7.59. The number of anilines is 1. The van der Waals surface area contributed by atoms with Crippen LogP contribution in [0.3, 0.4) is 0 Å². The lowest BCUT2D eigenvalue weighted by Gasteiger charge is -2.40. The number of hydrogen-bond donors (Lipinski definition) is 2. The fourth-order valence-corrected chi connectivity index (χ4v) is 3.85. The Morgan fingerprint density at radius 2 is 1.57 bits per heavy atom. The number of halogens is 2. The molecular weight excluding hydrogens is 272 g/mol. The van der Waals surface area contributed by atoms with E-state index in [1.54, 1.807) is 4.90 Å². The van der Waals surface area contributed by atoms with Crippen molar-refractivity contribution >= 4 is 11.5 Å². The van der Waals surface area contributed by atoms with E-state index in [9.17, 15) is 8.78 Å². The van der Waals surface area contributed by atoms with Crippen molar-refractivity contribution in [3.63, 3.8) is 0 Å². The van der Waals surface area contributed by atoms with Crippen LogP contribution in [0.5, 0.6) is 0 Å². The Labute approximate surface area is 123 Å². The van der Waals surface area contributed by atoms with Crippen LogP contribution in [0, 0.1) is 22.5 Å². The maximum Gasteiger partial charge on any atom is 0.150 e. The number of nitrogens with zero attached hydrogens (tertiary/aromatic N) is 1. The van der Waals surface area contributed by atoms with E-state index in [0.717, 1.165) is 25.0 Å². The first kappa shape index (κ1) is 14.3. The number of amidine groups is 1. The molecule has 0 unspecified atom stereocenters. The van der Waals surface area contributed by atoms with Gasteiger partial charge in [-0.15, -0.1) is 0 Å². The van der Waals surface area contributed by atoms with Crippen molar-refractivity contribution in [2.24, 2.45) is 11.1 Å². The molecule has 0 atom stereocenters. The van der Waals surface area contributed by atoms with Crippen LogP contribution in [0.25, 0.3) is 0 Å². The van der Waals surface area contributed by atoms with E-state index in [0.29, 0.717) is 18.5 Å². The highest BCUT2D eigenvalue weighted by Gasteiger charge is 2.37. The second kappa shape index (κ2) is 5.28. The number of nitrogens with one attached hydrogen (secondary N) is 1. The quantitative estimate of drug-likeness (QED) is 0.648. The number of piperidine rings is 1. The molecule has 0 bridgehead atoms. The van der Waals surface area contributed by atoms with Gasteiger partial charge in [0.2, 0.25) is 0 Å². The lowest BCUT2D eigenvalue weighted by Crippen LogP contribution is -2.39. The van der Waals surface area contributed by atoms with Gasteiger partial charge >= 0.3 is 0 Å². The maximum atomic E-state index is 14.2. The SMILES string of the molecule is N=C(N)c1cc(F)c(N2CCC3(CCCC3)CC2)c(F)c1. The summed E-state index contributed by atoms with van der Waals surface area (Å²) in [5, 5.41) is 7.28. The van der Waals surface area contributed by atoms with Gasteiger partial charge in [0, 0.05) is 18.7 Å². The average molecular weight is 293 g/mol. The summed E-state index contributed by atoms with van der Waals surface area (Å²) in [5.74, 6) is -1.56. The van der Waals surface area contributed by atoms with E-state index in [1.807, 2.05) is 0 Å². The third-order valence-corrected chi connectivity index (χ3v) is 5.13. The standard InChI is InChI=1S/C16H21F2N3/c17-12-9-11(15(19)20)10-13(18)14(12)21-7-5-16(6-8-21)3-1-2-4-16/h9-10H,1-8H2,(H3,19,20). The lowest BCUT2D eigenvalue weighted by molar-refractivity contribution is 0.225. The van der Waals surface area contributed by atoms with E-state index < -0.39 is 11.6 Å². The molecule has 1 saturated carbocycles. The van der Waals surface area contributed by atoms with Gasteiger partial charge in [0.15, 0.2) is 0 Å². The van der Waals surface area contributed by atoms with Gasteiger partial charge in [-0.05, 0) is 43.2 Å². The van der Waals surface area contributed by atoms with Gasteiger partial charge in [0.05, 0.1) is 0 Å². The first-order valence-corrected chi connectivity index (χ1v) is 7.59. The zero-order valence-corrected chi connectivity index (χ0v) is 12.1. The summed E-state index contributed by atoms with van der Waals surface area (Å²) < 4.78 is 28.4. The molecule has 1 saturated heterocycles. The van der Waals surface area contributed by atoms with Gasteiger partial charge in [-0.25, -0.2) is 8.78 Å². The van der Waals surface area contributed by atoms with E-state index in [4.69, 9.17) is 11.1 Å². The minimum Gasteiger partial charge on any atom is -0.384 e. The Morgan fingerprint density at radius 1 is 1.05 bits per heavy atom. The number of benzene rings is 1. The van der Waals surface area contributed by atoms with Gasteiger partial charge in [0.1, 0.15) is 23.2 Å². The van der Waals surface area contributed by atoms with E-state index in [1.165, 1.54) is 25.7 Å². The van der Waals surface area contributed by atoms with Gasteiger partial charge in [-0.2, -0.15) is 0 Å². The molecule has 0 amide bonds. The smallest absolute Gasteiger partial charge is 0.150 e. The number of nitrogen functional groups attached to an aromatic ring is 1. The molecule has 3 N–H and O–H groups in total. The Kier molecular flexibility index (Phi) is 3.59. The number of rotatable bonds is 2. The molecule has 3 nitrogen and oxygen atoms in total. The summed E-state index contributed by atoms with van der Waals surface area (Å²) in [7, 11) is 0. The highest BCUT2D eigenvalue weighted by Crippen LogP contribution is 2.47. The van der Waals surface area contributed by atoms with Gasteiger partial charge in [-0.3, -0.25) is 5.41 Å². The summed E-state index contributed by atoms with van der Waals surface area (Å²) in [6.07, 6.45) is 7.12. The summed E-state index contributed by atoms with van der Waals surface area (Å²) in [6, 6.07) is 2.31. The molecule has 1 aliphatic carbocycles. The van der Waals surface area contributed by atoms with Crippen molar-refractivity contribution in [2.45, 2.75) is 38.5 Å². The second-order valence-electron chi connectivity index (χ2n) is 6.40. The van der Waals surface area contributed by atoms with Crippen molar-refractivity contribution in [3.05, 3.63) is 29.3 Å². The molecule has 21 heavy (non-hydrogen) atoms. The Bertz CT molecular complexity index is 532. The van der Waals surface area contributed by atoms with Crippen molar-refractivity contribution < 1.29 is 8.78 Å². The van der Waals surface area contributed by atoms with Crippen LogP contribution in [0.1, 0.15) is 44.1 Å². The van der Waals surface area contributed by atoms with Crippen LogP contribution in [0.2, 0.25) is 0 Å². The van der Waals surface area contributed by atoms with Crippen LogP contribution in [-0.2, 0) is 0 Å². The summed E-state index contributed by atoms with van der Waals surface area (Å²) in [5.41, 5.74) is 5.84. The normalized spacial score (nSPS) is 21.0. The zero-order chi connectivity index (χ0) is 15.0. The largest absolute Gasteiger partial charge is 0.384 e. The molecule has 1 heterocycles. The Balaban J connectivity index is 1.80. The van der Waals surface area contributed by atoms with Crippen molar-refractivity contribution in [1.29, 1.82) is 5.41 Å². The fraction of sp³-hybridized carbons (Fsp3) is 0.562. The zero-order valence-electron chi connectivity index (χ0n) is 12.1. The van der Waals surface area contributed by atoms with Gasteiger partial charge < -0.3 is 10.6 Å².